The van der Waals surface area contributed by atoms with Gasteiger partial charge >= 0.3 is 0 Å². The van der Waals surface area contributed by atoms with E-state index in [4.69, 9.17) is 4.74 Å². The lowest BCUT2D eigenvalue weighted by Gasteiger charge is -2.30. The van der Waals surface area contributed by atoms with Crippen molar-refractivity contribution < 1.29 is 14.3 Å². The van der Waals surface area contributed by atoms with Crippen LogP contribution in [0.4, 0.5) is 0 Å². The number of nitrogens with zero attached hydrogens (tertiary/aromatic N) is 2. The van der Waals surface area contributed by atoms with Gasteiger partial charge in [0.25, 0.3) is 0 Å². The van der Waals surface area contributed by atoms with Crippen molar-refractivity contribution in [2.24, 2.45) is 5.92 Å². The van der Waals surface area contributed by atoms with Crippen molar-refractivity contribution in [3.8, 4) is 0 Å². The first-order valence-electron chi connectivity index (χ1n) is 10.3. The Balaban J connectivity index is 1.73. The Kier molecular flexibility index (Phi) is 7.83. The minimum Gasteiger partial charge on any atom is -0.376 e. The van der Waals surface area contributed by atoms with Gasteiger partial charge in [0.05, 0.1) is 19.2 Å². The highest BCUT2D eigenvalue weighted by molar-refractivity contribution is 7.09. The van der Waals surface area contributed by atoms with Crippen LogP contribution in [0.1, 0.15) is 37.1 Å². The Morgan fingerprint density at radius 1 is 1.10 bits per heavy atom. The van der Waals surface area contributed by atoms with Crippen LogP contribution < -0.4 is 0 Å². The molecule has 5 nitrogen and oxygen atoms in total. The molecule has 0 saturated carbocycles. The van der Waals surface area contributed by atoms with Gasteiger partial charge in [0.15, 0.2) is 0 Å². The summed E-state index contributed by atoms with van der Waals surface area (Å²) in [5.41, 5.74) is 1.08. The van der Waals surface area contributed by atoms with Crippen molar-refractivity contribution in [2.45, 2.75) is 45.9 Å². The monoisotopic (exact) mass is 414 g/mol. The normalized spacial score (nSPS) is 16.2. The molecule has 1 aliphatic rings. The maximum atomic E-state index is 13.3. The molecule has 6 heteroatoms. The van der Waals surface area contributed by atoms with Crippen LogP contribution >= 0.6 is 11.3 Å². The third-order valence-electron chi connectivity index (χ3n) is 5.08. The van der Waals surface area contributed by atoms with Gasteiger partial charge in [-0.2, -0.15) is 0 Å². The Labute approximate surface area is 177 Å². The second kappa shape index (κ2) is 10.6. The Hall–Kier alpha value is -2.18. The number of benzene rings is 1. The van der Waals surface area contributed by atoms with Crippen molar-refractivity contribution in [1.29, 1.82) is 0 Å². The lowest BCUT2D eigenvalue weighted by molar-refractivity contribution is -0.144. The molecule has 2 heterocycles. The van der Waals surface area contributed by atoms with Gasteiger partial charge in [-0.15, -0.1) is 11.3 Å². The maximum Gasteiger partial charge on any atom is 0.242 e. The first kappa shape index (κ1) is 21.5. The zero-order chi connectivity index (χ0) is 20.6. The van der Waals surface area contributed by atoms with Gasteiger partial charge in [-0.05, 0) is 29.9 Å². The van der Waals surface area contributed by atoms with E-state index in [1.807, 2.05) is 66.6 Å². The van der Waals surface area contributed by atoms with Crippen LogP contribution in [-0.2, 0) is 27.4 Å². The molecule has 0 radical (unpaired) electrons. The summed E-state index contributed by atoms with van der Waals surface area (Å²) in [4.78, 5) is 30.7. The van der Waals surface area contributed by atoms with E-state index in [-0.39, 0.29) is 30.4 Å². The van der Waals surface area contributed by atoms with E-state index in [9.17, 15) is 9.59 Å². The summed E-state index contributed by atoms with van der Waals surface area (Å²) in [5, 5.41) is 2.02. The van der Waals surface area contributed by atoms with Crippen LogP contribution in [0.15, 0.2) is 47.8 Å². The molecule has 29 heavy (non-hydrogen) atoms. The molecule has 1 fully saturated rings. The van der Waals surface area contributed by atoms with Crippen LogP contribution in [0.2, 0.25) is 0 Å². The number of hydrogen-bond acceptors (Lipinski definition) is 4. The number of thiophene rings is 1. The van der Waals surface area contributed by atoms with Crippen molar-refractivity contribution in [3.63, 3.8) is 0 Å². The smallest absolute Gasteiger partial charge is 0.242 e. The highest BCUT2D eigenvalue weighted by Gasteiger charge is 2.27. The zero-order valence-electron chi connectivity index (χ0n) is 17.3. The van der Waals surface area contributed by atoms with E-state index >= 15 is 0 Å². The van der Waals surface area contributed by atoms with Gasteiger partial charge in [0.1, 0.15) is 0 Å². The van der Waals surface area contributed by atoms with E-state index in [1.165, 1.54) is 0 Å². The summed E-state index contributed by atoms with van der Waals surface area (Å²) in [7, 11) is 0. The standard InChI is InChI=1S/C23H30N2O3S/c1-18(2)23(27)25(15-20-10-6-12-28-20)17-22(26)24(16-21-11-7-13-29-21)14-19-8-4-3-5-9-19/h3-5,7-9,11,13,18,20H,6,10,12,14-17H2,1-2H3. The van der Waals surface area contributed by atoms with Crippen molar-refractivity contribution in [2.75, 3.05) is 19.7 Å². The summed E-state index contributed by atoms with van der Waals surface area (Å²) in [6.07, 6.45) is 1.99. The minimum absolute atomic E-state index is 0.00429. The average molecular weight is 415 g/mol. The molecule has 1 aromatic heterocycles. The molecule has 1 aliphatic heterocycles. The first-order valence-corrected chi connectivity index (χ1v) is 11.2. The summed E-state index contributed by atoms with van der Waals surface area (Å²) in [5.74, 6) is -0.178. The molecular formula is C23H30N2O3S. The van der Waals surface area contributed by atoms with Crippen LogP contribution in [0, 0.1) is 5.92 Å². The van der Waals surface area contributed by atoms with E-state index in [1.54, 1.807) is 16.2 Å². The molecule has 1 unspecified atom stereocenters. The second-order valence-electron chi connectivity index (χ2n) is 7.82. The van der Waals surface area contributed by atoms with E-state index in [2.05, 4.69) is 0 Å². The van der Waals surface area contributed by atoms with Gasteiger partial charge in [0, 0.05) is 30.5 Å². The minimum atomic E-state index is -0.149. The third-order valence-corrected chi connectivity index (χ3v) is 5.94. The molecule has 2 amide bonds. The Morgan fingerprint density at radius 3 is 2.52 bits per heavy atom. The molecule has 0 spiro atoms. The molecular weight excluding hydrogens is 384 g/mol. The fourth-order valence-corrected chi connectivity index (χ4v) is 4.24. The fourth-order valence-electron chi connectivity index (χ4n) is 3.52. The summed E-state index contributed by atoms with van der Waals surface area (Å²) in [6, 6.07) is 14.0. The number of rotatable bonds is 9. The number of carbonyl (C=O) groups is 2. The van der Waals surface area contributed by atoms with Gasteiger partial charge in [0.2, 0.25) is 11.8 Å². The van der Waals surface area contributed by atoms with Crippen LogP contribution in [0.25, 0.3) is 0 Å². The molecule has 0 bridgehead atoms. The molecule has 156 valence electrons. The lowest BCUT2D eigenvalue weighted by Crippen LogP contribution is -2.46. The van der Waals surface area contributed by atoms with Gasteiger partial charge < -0.3 is 14.5 Å². The number of carbonyl (C=O) groups excluding carboxylic acids is 2. The van der Waals surface area contributed by atoms with Crippen LogP contribution in [0.5, 0.6) is 0 Å². The second-order valence-corrected chi connectivity index (χ2v) is 8.86. The van der Waals surface area contributed by atoms with Gasteiger partial charge in [-0.3, -0.25) is 9.59 Å². The predicted molar refractivity (Wildman–Crippen MR) is 115 cm³/mol. The molecule has 1 saturated heterocycles. The number of ether oxygens (including phenoxy) is 1. The maximum absolute atomic E-state index is 13.3. The molecule has 1 aromatic carbocycles. The van der Waals surface area contributed by atoms with E-state index in [0.29, 0.717) is 19.6 Å². The molecule has 2 aromatic rings. The number of hydrogen-bond donors (Lipinski definition) is 0. The van der Waals surface area contributed by atoms with Crippen LogP contribution in [-0.4, -0.2) is 47.4 Å². The van der Waals surface area contributed by atoms with Crippen molar-refractivity contribution in [1.82, 2.24) is 9.80 Å². The Bertz CT molecular complexity index is 771. The van der Waals surface area contributed by atoms with Gasteiger partial charge in [-0.25, -0.2) is 0 Å². The van der Waals surface area contributed by atoms with E-state index in [0.717, 1.165) is 29.9 Å². The van der Waals surface area contributed by atoms with Crippen molar-refractivity contribution >= 4 is 23.2 Å². The summed E-state index contributed by atoms with van der Waals surface area (Å²) in [6.45, 7) is 6.15. The number of amides is 2. The van der Waals surface area contributed by atoms with E-state index < -0.39 is 0 Å². The lowest BCUT2D eigenvalue weighted by atomic mass is 10.1. The topological polar surface area (TPSA) is 49.9 Å². The quantitative estimate of drug-likeness (QED) is 0.624. The summed E-state index contributed by atoms with van der Waals surface area (Å²) < 4.78 is 5.72. The van der Waals surface area contributed by atoms with Crippen molar-refractivity contribution in [3.05, 3.63) is 58.3 Å². The highest BCUT2D eigenvalue weighted by Crippen LogP contribution is 2.18. The molecule has 0 N–H and O–H groups in total. The molecule has 1 atom stereocenters. The average Bonchev–Trinajstić information content (AvgIpc) is 3.41. The zero-order valence-corrected chi connectivity index (χ0v) is 18.1. The fraction of sp³-hybridized carbons (Fsp3) is 0.478. The highest BCUT2D eigenvalue weighted by atomic mass is 32.1. The molecule has 0 aliphatic carbocycles. The SMILES string of the molecule is CC(C)C(=O)N(CC(=O)N(Cc1ccccc1)Cc1cccs1)CC1CCCO1. The predicted octanol–water partition coefficient (Wildman–Crippen LogP) is 3.94. The largest absolute Gasteiger partial charge is 0.376 e. The third kappa shape index (κ3) is 6.41. The Morgan fingerprint density at radius 2 is 1.90 bits per heavy atom. The van der Waals surface area contributed by atoms with Crippen LogP contribution in [0.3, 0.4) is 0 Å². The molecule has 3 rings (SSSR count). The first-order chi connectivity index (χ1) is 14.0. The summed E-state index contributed by atoms with van der Waals surface area (Å²) >= 11 is 1.64. The van der Waals surface area contributed by atoms with Gasteiger partial charge in [-0.1, -0.05) is 50.2 Å².